The molecule has 1 aromatic heterocycles. The third-order valence-electron chi connectivity index (χ3n) is 3.19. The molecule has 1 aromatic carbocycles. The zero-order valence-corrected chi connectivity index (χ0v) is 11.8. The molecule has 0 aliphatic heterocycles. The van der Waals surface area contributed by atoms with Crippen LogP contribution in [0.4, 0.5) is 0 Å². The SMILES string of the molecule is CCNC(C)c1cnn(Cc2ccccc2OC)c1. The standard InChI is InChI=1S/C15H21N3O/c1-4-16-12(2)14-9-17-18(11-14)10-13-7-5-6-8-15(13)19-3/h5-9,11-12,16H,4,10H2,1-3H3. The Kier molecular flexibility index (Phi) is 4.58. The van der Waals surface area contributed by atoms with E-state index in [0.29, 0.717) is 6.04 Å². The normalized spacial score (nSPS) is 12.4. The van der Waals surface area contributed by atoms with Gasteiger partial charge in [-0.15, -0.1) is 0 Å². The van der Waals surface area contributed by atoms with E-state index in [1.807, 2.05) is 29.1 Å². The monoisotopic (exact) mass is 259 g/mol. The molecular formula is C15H21N3O. The van der Waals surface area contributed by atoms with Gasteiger partial charge in [-0.2, -0.15) is 5.10 Å². The molecule has 1 N–H and O–H groups in total. The molecule has 0 spiro atoms. The van der Waals surface area contributed by atoms with Crippen molar-refractivity contribution in [2.24, 2.45) is 0 Å². The van der Waals surface area contributed by atoms with Gasteiger partial charge in [0.1, 0.15) is 5.75 Å². The Morgan fingerprint density at radius 2 is 2.16 bits per heavy atom. The van der Waals surface area contributed by atoms with E-state index in [4.69, 9.17) is 4.74 Å². The van der Waals surface area contributed by atoms with E-state index >= 15 is 0 Å². The van der Waals surface area contributed by atoms with Crippen molar-refractivity contribution < 1.29 is 4.74 Å². The van der Waals surface area contributed by atoms with E-state index in [0.717, 1.165) is 24.4 Å². The molecule has 0 aliphatic rings. The fraction of sp³-hybridized carbons (Fsp3) is 0.400. The number of methoxy groups -OCH3 is 1. The van der Waals surface area contributed by atoms with Gasteiger partial charge in [0.25, 0.3) is 0 Å². The third-order valence-corrected chi connectivity index (χ3v) is 3.19. The van der Waals surface area contributed by atoms with Crippen LogP contribution >= 0.6 is 0 Å². The van der Waals surface area contributed by atoms with Crippen LogP contribution in [-0.4, -0.2) is 23.4 Å². The summed E-state index contributed by atoms with van der Waals surface area (Å²) >= 11 is 0. The van der Waals surface area contributed by atoms with Gasteiger partial charge >= 0.3 is 0 Å². The zero-order valence-electron chi connectivity index (χ0n) is 11.8. The van der Waals surface area contributed by atoms with Crippen LogP contribution in [0.5, 0.6) is 5.75 Å². The average Bonchev–Trinajstić information content (AvgIpc) is 2.88. The molecule has 0 aliphatic carbocycles. The summed E-state index contributed by atoms with van der Waals surface area (Å²) in [5, 5.41) is 7.79. The van der Waals surface area contributed by atoms with Crippen LogP contribution in [0.1, 0.15) is 31.0 Å². The maximum Gasteiger partial charge on any atom is 0.123 e. The van der Waals surface area contributed by atoms with E-state index in [1.54, 1.807) is 7.11 Å². The second kappa shape index (κ2) is 6.38. The van der Waals surface area contributed by atoms with Gasteiger partial charge in [0.05, 0.1) is 19.9 Å². The minimum atomic E-state index is 0.330. The summed E-state index contributed by atoms with van der Waals surface area (Å²) in [6.07, 6.45) is 4.00. The Morgan fingerprint density at radius 1 is 1.37 bits per heavy atom. The molecule has 0 bridgehead atoms. The summed E-state index contributed by atoms with van der Waals surface area (Å²) < 4.78 is 7.30. The van der Waals surface area contributed by atoms with Crippen molar-refractivity contribution in [1.82, 2.24) is 15.1 Å². The summed E-state index contributed by atoms with van der Waals surface area (Å²) in [5.74, 6) is 0.902. The zero-order chi connectivity index (χ0) is 13.7. The van der Waals surface area contributed by atoms with E-state index in [2.05, 4.69) is 36.5 Å². The van der Waals surface area contributed by atoms with Crippen LogP contribution in [0.2, 0.25) is 0 Å². The number of benzene rings is 1. The molecule has 1 heterocycles. The number of rotatable bonds is 6. The summed E-state index contributed by atoms with van der Waals surface area (Å²) in [7, 11) is 1.70. The third kappa shape index (κ3) is 3.35. The summed E-state index contributed by atoms with van der Waals surface area (Å²) in [5.41, 5.74) is 2.34. The molecule has 102 valence electrons. The van der Waals surface area contributed by atoms with Gasteiger partial charge in [0, 0.05) is 23.4 Å². The molecule has 4 nitrogen and oxygen atoms in total. The second-order valence-electron chi connectivity index (χ2n) is 4.56. The Morgan fingerprint density at radius 3 is 2.89 bits per heavy atom. The number of aromatic nitrogens is 2. The Bertz CT molecular complexity index is 522. The second-order valence-corrected chi connectivity index (χ2v) is 4.56. The fourth-order valence-electron chi connectivity index (χ4n) is 2.12. The quantitative estimate of drug-likeness (QED) is 0.866. The molecule has 4 heteroatoms. The van der Waals surface area contributed by atoms with E-state index in [9.17, 15) is 0 Å². The molecule has 2 aromatic rings. The number of para-hydroxylation sites is 1. The van der Waals surface area contributed by atoms with Crippen molar-refractivity contribution >= 4 is 0 Å². The Balaban J connectivity index is 2.11. The maximum atomic E-state index is 5.36. The minimum Gasteiger partial charge on any atom is -0.496 e. The van der Waals surface area contributed by atoms with Crippen molar-refractivity contribution in [3.8, 4) is 5.75 Å². The lowest BCUT2D eigenvalue weighted by Crippen LogP contribution is -2.17. The highest BCUT2D eigenvalue weighted by molar-refractivity contribution is 5.33. The van der Waals surface area contributed by atoms with Crippen molar-refractivity contribution in [2.45, 2.75) is 26.4 Å². The number of nitrogens with zero attached hydrogens (tertiary/aromatic N) is 2. The summed E-state index contributed by atoms with van der Waals surface area (Å²) in [4.78, 5) is 0. The highest BCUT2D eigenvalue weighted by atomic mass is 16.5. The molecule has 0 fully saturated rings. The molecule has 1 unspecified atom stereocenters. The predicted molar refractivity (Wildman–Crippen MR) is 76.4 cm³/mol. The maximum absolute atomic E-state index is 5.36. The number of hydrogen-bond acceptors (Lipinski definition) is 3. The molecular weight excluding hydrogens is 238 g/mol. The van der Waals surface area contributed by atoms with Crippen LogP contribution < -0.4 is 10.1 Å². The Hall–Kier alpha value is -1.81. The molecule has 0 radical (unpaired) electrons. The van der Waals surface area contributed by atoms with E-state index in [-0.39, 0.29) is 0 Å². The Labute approximate surface area is 114 Å². The fourth-order valence-corrected chi connectivity index (χ4v) is 2.12. The minimum absolute atomic E-state index is 0.330. The number of ether oxygens (including phenoxy) is 1. The van der Waals surface area contributed by atoms with Crippen LogP contribution in [0, 0.1) is 0 Å². The topological polar surface area (TPSA) is 39.1 Å². The van der Waals surface area contributed by atoms with Gasteiger partial charge in [0.2, 0.25) is 0 Å². The summed E-state index contributed by atoms with van der Waals surface area (Å²) in [6.45, 7) is 5.94. The van der Waals surface area contributed by atoms with Gasteiger partial charge in [-0.1, -0.05) is 25.1 Å². The van der Waals surface area contributed by atoms with Crippen LogP contribution in [-0.2, 0) is 6.54 Å². The van der Waals surface area contributed by atoms with Crippen molar-refractivity contribution in [3.63, 3.8) is 0 Å². The highest BCUT2D eigenvalue weighted by Gasteiger charge is 2.08. The largest absolute Gasteiger partial charge is 0.496 e. The molecule has 2 rings (SSSR count). The van der Waals surface area contributed by atoms with Gasteiger partial charge in [-0.05, 0) is 19.5 Å². The first-order valence-electron chi connectivity index (χ1n) is 6.62. The lowest BCUT2D eigenvalue weighted by Gasteiger charge is -2.09. The molecule has 0 saturated carbocycles. The van der Waals surface area contributed by atoms with Gasteiger partial charge in [-0.25, -0.2) is 0 Å². The smallest absolute Gasteiger partial charge is 0.123 e. The number of nitrogens with one attached hydrogen (secondary N) is 1. The summed E-state index contributed by atoms with van der Waals surface area (Å²) in [6, 6.07) is 8.36. The lowest BCUT2D eigenvalue weighted by molar-refractivity contribution is 0.407. The van der Waals surface area contributed by atoms with Crippen LogP contribution in [0.15, 0.2) is 36.7 Å². The first-order chi connectivity index (χ1) is 9.24. The number of hydrogen-bond donors (Lipinski definition) is 1. The average molecular weight is 259 g/mol. The lowest BCUT2D eigenvalue weighted by atomic mass is 10.2. The van der Waals surface area contributed by atoms with Crippen molar-refractivity contribution in [3.05, 3.63) is 47.8 Å². The van der Waals surface area contributed by atoms with Gasteiger partial charge in [0.15, 0.2) is 0 Å². The van der Waals surface area contributed by atoms with E-state index in [1.165, 1.54) is 5.56 Å². The van der Waals surface area contributed by atoms with Gasteiger partial charge < -0.3 is 10.1 Å². The van der Waals surface area contributed by atoms with E-state index < -0.39 is 0 Å². The molecule has 1 atom stereocenters. The van der Waals surface area contributed by atoms with Crippen molar-refractivity contribution in [2.75, 3.05) is 13.7 Å². The molecule has 19 heavy (non-hydrogen) atoms. The first kappa shape index (κ1) is 13.6. The molecule has 0 saturated heterocycles. The first-order valence-corrected chi connectivity index (χ1v) is 6.62. The molecule has 0 amide bonds. The highest BCUT2D eigenvalue weighted by Crippen LogP contribution is 2.19. The van der Waals surface area contributed by atoms with Gasteiger partial charge in [-0.3, -0.25) is 4.68 Å². The van der Waals surface area contributed by atoms with Crippen LogP contribution in [0.3, 0.4) is 0 Å². The van der Waals surface area contributed by atoms with Crippen molar-refractivity contribution in [1.29, 1.82) is 0 Å². The predicted octanol–water partition coefficient (Wildman–Crippen LogP) is 2.61. The van der Waals surface area contributed by atoms with Crippen LogP contribution in [0.25, 0.3) is 0 Å².